The summed E-state index contributed by atoms with van der Waals surface area (Å²) in [7, 11) is 1.78. The first-order valence-corrected chi connectivity index (χ1v) is 6.55. The number of benzene rings is 1. The molecule has 2 rings (SSSR count). The molecule has 0 aromatic heterocycles. The van der Waals surface area contributed by atoms with Gasteiger partial charge in [-0.3, -0.25) is 4.90 Å². The summed E-state index contributed by atoms with van der Waals surface area (Å²) in [4.78, 5) is 2.52. The molecule has 18 heavy (non-hydrogen) atoms. The van der Waals surface area contributed by atoms with E-state index in [-0.39, 0.29) is 12.4 Å². The Kier molecular flexibility index (Phi) is 6.69. The third-order valence-electron chi connectivity index (χ3n) is 3.63. The summed E-state index contributed by atoms with van der Waals surface area (Å²) in [6.45, 7) is 6.48. The number of halogens is 1. The number of hydrogen-bond donors (Lipinski definition) is 0. The first-order chi connectivity index (χ1) is 8.29. The summed E-state index contributed by atoms with van der Waals surface area (Å²) in [5.41, 5.74) is 1.40. The maximum Gasteiger partial charge on any atom is 0.0589 e. The summed E-state index contributed by atoms with van der Waals surface area (Å²) in [6.07, 6.45) is 1.40. The van der Waals surface area contributed by atoms with Crippen LogP contribution in [0, 0.1) is 11.8 Å². The molecule has 0 saturated heterocycles. The Morgan fingerprint density at radius 1 is 1.28 bits per heavy atom. The van der Waals surface area contributed by atoms with E-state index in [1.54, 1.807) is 7.11 Å². The highest BCUT2D eigenvalue weighted by Crippen LogP contribution is 2.38. The Labute approximate surface area is 117 Å². The van der Waals surface area contributed by atoms with Crippen LogP contribution in [0.15, 0.2) is 30.3 Å². The van der Waals surface area contributed by atoms with Crippen LogP contribution in [-0.4, -0.2) is 31.7 Å². The van der Waals surface area contributed by atoms with Crippen molar-refractivity contribution in [2.24, 2.45) is 11.8 Å². The summed E-state index contributed by atoms with van der Waals surface area (Å²) in [5, 5.41) is 0. The van der Waals surface area contributed by atoms with Crippen molar-refractivity contribution in [3.63, 3.8) is 0 Å². The minimum atomic E-state index is 0. The summed E-state index contributed by atoms with van der Waals surface area (Å²) in [5.74, 6) is 1.84. The third kappa shape index (κ3) is 4.97. The molecule has 2 atom stereocenters. The van der Waals surface area contributed by atoms with E-state index in [2.05, 4.69) is 42.2 Å². The zero-order valence-corrected chi connectivity index (χ0v) is 12.2. The van der Waals surface area contributed by atoms with Gasteiger partial charge in [0.1, 0.15) is 0 Å². The molecular weight excluding hydrogens is 246 g/mol. The van der Waals surface area contributed by atoms with Gasteiger partial charge in [-0.05, 0) is 23.8 Å². The molecule has 1 fully saturated rings. The largest absolute Gasteiger partial charge is 0.383 e. The number of rotatable bonds is 7. The average Bonchev–Trinajstić information content (AvgIpc) is 3.03. The first-order valence-electron chi connectivity index (χ1n) is 6.55. The van der Waals surface area contributed by atoms with Crippen LogP contribution in [0.1, 0.15) is 18.9 Å². The molecule has 2 nitrogen and oxygen atoms in total. The molecule has 2 unspecified atom stereocenters. The van der Waals surface area contributed by atoms with Crippen molar-refractivity contribution in [3.8, 4) is 0 Å². The van der Waals surface area contributed by atoms with Crippen molar-refractivity contribution in [2.45, 2.75) is 19.9 Å². The highest BCUT2D eigenvalue weighted by Gasteiger charge is 2.33. The monoisotopic (exact) mass is 269 g/mol. The first kappa shape index (κ1) is 15.5. The van der Waals surface area contributed by atoms with Crippen molar-refractivity contribution in [1.29, 1.82) is 0 Å². The Morgan fingerprint density at radius 3 is 2.50 bits per heavy atom. The van der Waals surface area contributed by atoms with Crippen molar-refractivity contribution in [3.05, 3.63) is 35.9 Å². The molecular formula is C15H24ClNO. The fourth-order valence-corrected chi connectivity index (χ4v) is 2.28. The summed E-state index contributed by atoms with van der Waals surface area (Å²) < 4.78 is 5.20. The van der Waals surface area contributed by atoms with Gasteiger partial charge in [0.2, 0.25) is 0 Å². The summed E-state index contributed by atoms with van der Waals surface area (Å²) >= 11 is 0. The number of hydrogen-bond acceptors (Lipinski definition) is 2. The van der Waals surface area contributed by atoms with Gasteiger partial charge in [0, 0.05) is 26.7 Å². The van der Waals surface area contributed by atoms with Gasteiger partial charge in [-0.25, -0.2) is 0 Å². The van der Waals surface area contributed by atoms with E-state index in [9.17, 15) is 0 Å². The number of nitrogens with zero attached hydrogens (tertiary/aromatic N) is 1. The quantitative estimate of drug-likeness (QED) is 0.754. The van der Waals surface area contributed by atoms with Crippen LogP contribution in [0.2, 0.25) is 0 Å². The van der Waals surface area contributed by atoms with E-state index in [0.717, 1.165) is 31.5 Å². The normalized spacial score (nSPS) is 21.7. The van der Waals surface area contributed by atoms with Crippen LogP contribution in [0.5, 0.6) is 0 Å². The van der Waals surface area contributed by atoms with Gasteiger partial charge in [-0.2, -0.15) is 0 Å². The summed E-state index contributed by atoms with van der Waals surface area (Å²) in [6, 6.07) is 10.7. The predicted molar refractivity (Wildman–Crippen MR) is 78.1 cm³/mol. The number of ether oxygens (including phenoxy) is 1. The molecule has 0 N–H and O–H groups in total. The van der Waals surface area contributed by atoms with Crippen molar-refractivity contribution < 1.29 is 4.74 Å². The topological polar surface area (TPSA) is 12.5 Å². The molecule has 0 aliphatic heterocycles. The molecule has 1 aliphatic carbocycles. The molecule has 1 aliphatic rings. The lowest BCUT2D eigenvalue weighted by Gasteiger charge is -2.22. The van der Waals surface area contributed by atoms with Gasteiger partial charge < -0.3 is 4.74 Å². The molecule has 1 aromatic rings. The second kappa shape index (κ2) is 7.78. The van der Waals surface area contributed by atoms with E-state index in [1.807, 2.05) is 0 Å². The minimum absolute atomic E-state index is 0. The molecule has 1 saturated carbocycles. The third-order valence-corrected chi connectivity index (χ3v) is 3.63. The lowest BCUT2D eigenvalue weighted by atomic mass is 10.2. The van der Waals surface area contributed by atoms with Crippen LogP contribution in [0.3, 0.4) is 0 Å². The van der Waals surface area contributed by atoms with E-state index in [1.165, 1.54) is 18.5 Å². The van der Waals surface area contributed by atoms with Crippen LogP contribution in [0.25, 0.3) is 0 Å². The van der Waals surface area contributed by atoms with E-state index in [4.69, 9.17) is 4.74 Å². The predicted octanol–water partition coefficient (Wildman–Crippen LogP) is 3.21. The van der Waals surface area contributed by atoms with Gasteiger partial charge in [-0.15, -0.1) is 12.4 Å². The lowest BCUT2D eigenvalue weighted by Crippen LogP contribution is -2.29. The van der Waals surface area contributed by atoms with Crippen LogP contribution in [-0.2, 0) is 11.3 Å². The second-order valence-corrected chi connectivity index (χ2v) is 5.19. The Bertz CT molecular complexity index is 331. The highest BCUT2D eigenvalue weighted by atomic mass is 35.5. The van der Waals surface area contributed by atoms with E-state index in [0.29, 0.717) is 0 Å². The van der Waals surface area contributed by atoms with Crippen LogP contribution in [0.4, 0.5) is 0 Å². The van der Waals surface area contributed by atoms with Gasteiger partial charge in [-0.1, -0.05) is 37.3 Å². The Hall–Kier alpha value is -0.570. The molecule has 3 heteroatoms. The molecule has 0 bridgehead atoms. The fourth-order valence-electron chi connectivity index (χ4n) is 2.28. The average molecular weight is 270 g/mol. The smallest absolute Gasteiger partial charge is 0.0589 e. The zero-order chi connectivity index (χ0) is 12.1. The SMILES string of the molecule is COCCN(Cc1ccccc1)CC1CC1C.Cl. The van der Waals surface area contributed by atoms with Crippen LogP contribution < -0.4 is 0 Å². The molecule has 0 heterocycles. The fraction of sp³-hybridized carbons (Fsp3) is 0.600. The van der Waals surface area contributed by atoms with Gasteiger partial charge in [0.05, 0.1) is 6.61 Å². The minimum Gasteiger partial charge on any atom is -0.383 e. The molecule has 102 valence electrons. The Morgan fingerprint density at radius 2 is 1.94 bits per heavy atom. The van der Waals surface area contributed by atoms with Gasteiger partial charge in [0.25, 0.3) is 0 Å². The standard InChI is InChI=1S/C15H23NO.ClH/c1-13-10-15(13)12-16(8-9-17-2)11-14-6-4-3-5-7-14;/h3-7,13,15H,8-12H2,1-2H3;1H. The molecule has 1 aromatic carbocycles. The molecule has 0 amide bonds. The van der Waals surface area contributed by atoms with Gasteiger partial charge >= 0.3 is 0 Å². The zero-order valence-electron chi connectivity index (χ0n) is 11.3. The lowest BCUT2D eigenvalue weighted by molar-refractivity contribution is 0.140. The molecule has 0 radical (unpaired) electrons. The molecule has 0 spiro atoms. The Balaban J connectivity index is 0.00000162. The van der Waals surface area contributed by atoms with E-state index >= 15 is 0 Å². The van der Waals surface area contributed by atoms with Crippen molar-refractivity contribution >= 4 is 12.4 Å². The highest BCUT2D eigenvalue weighted by molar-refractivity contribution is 5.85. The van der Waals surface area contributed by atoms with Crippen molar-refractivity contribution in [2.75, 3.05) is 26.8 Å². The second-order valence-electron chi connectivity index (χ2n) is 5.19. The van der Waals surface area contributed by atoms with E-state index < -0.39 is 0 Å². The maximum atomic E-state index is 5.20. The maximum absolute atomic E-state index is 5.20. The van der Waals surface area contributed by atoms with Crippen LogP contribution >= 0.6 is 12.4 Å². The van der Waals surface area contributed by atoms with Gasteiger partial charge in [0.15, 0.2) is 0 Å². The van der Waals surface area contributed by atoms with Crippen molar-refractivity contribution in [1.82, 2.24) is 4.90 Å². The number of methoxy groups -OCH3 is 1.